The van der Waals surface area contributed by atoms with Gasteiger partial charge in [0.1, 0.15) is 0 Å². The van der Waals surface area contributed by atoms with Crippen molar-refractivity contribution in [2.75, 3.05) is 26.2 Å². The molecule has 0 aromatic rings. The standard InChI is InChI=1S/C13H22N2O/c1-13(2)10-7-15(8-11(10)13)12(16)6-14-5-9-3-4-9/h9-11,14H,3-8H2,1-2H3. The first-order chi connectivity index (χ1) is 7.59. The topological polar surface area (TPSA) is 32.3 Å². The highest BCUT2D eigenvalue weighted by molar-refractivity contribution is 5.78. The van der Waals surface area contributed by atoms with E-state index in [-0.39, 0.29) is 0 Å². The Bertz CT molecular complexity index is 295. The number of nitrogens with zero attached hydrogens (tertiary/aromatic N) is 1. The average Bonchev–Trinajstić information content (AvgIpc) is 3.06. The highest BCUT2D eigenvalue weighted by atomic mass is 16.2. The lowest BCUT2D eigenvalue weighted by Crippen LogP contribution is -2.39. The third kappa shape index (κ3) is 1.75. The molecule has 3 nitrogen and oxygen atoms in total. The van der Waals surface area contributed by atoms with E-state index in [9.17, 15) is 4.79 Å². The van der Waals surface area contributed by atoms with Crippen molar-refractivity contribution in [1.29, 1.82) is 0 Å². The van der Waals surface area contributed by atoms with Crippen molar-refractivity contribution >= 4 is 5.91 Å². The van der Waals surface area contributed by atoms with Gasteiger partial charge in [-0.2, -0.15) is 0 Å². The second-order valence-corrected chi connectivity index (χ2v) is 6.41. The van der Waals surface area contributed by atoms with E-state index in [0.29, 0.717) is 17.9 Å². The number of piperidine rings is 1. The summed E-state index contributed by atoms with van der Waals surface area (Å²) in [6, 6.07) is 0. The van der Waals surface area contributed by atoms with Crippen LogP contribution in [0.1, 0.15) is 26.7 Å². The van der Waals surface area contributed by atoms with E-state index in [4.69, 9.17) is 0 Å². The first kappa shape index (κ1) is 10.6. The summed E-state index contributed by atoms with van der Waals surface area (Å²) in [6.45, 7) is 8.25. The summed E-state index contributed by atoms with van der Waals surface area (Å²) in [5.74, 6) is 2.72. The van der Waals surface area contributed by atoms with Gasteiger partial charge in [-0.1, -0.05) is 13.8 Å². The van der Waals surface area contributed by atoms with E-state index in [0.717, 1.165) is 37.4 Å². The van der Waals surface area contributed by atoms with Crippen LogP contribution < -0.4 is 5.32 Å². The molecule has 1 heterocycles. The van der Waals surface area contributed by atoms with Crippen LogP contribution >= 0.6 is 0 Å². The van der Waals surface area contributed by atoms with Crippen molar-refractivity contribution in [2.45, 2.75) is 26.7 Å². The van der Waals surface area contributed by atoms with Crippen LogP contribution in [0.4, 0.5) is 0 Å². The molecule has 2 saturated carbocycles. The molecule has 0 spiro atoms. The van der Waals surface area contributed by atoms with Gasteiger partial charge in [0, 0.05) is 13.1 Å². The van der Waals surface area contributed by atoms with Crippen molar-refractivity contribution in [2.24, 2.45) is 23.2 Å². The van der Waals surface area contributed by atoms with Crippen molar-refractivity contribution in [3.05, 3.63) is 0 Å². The Morgan fingerprint density at radius 1 is 1.31 bits per heavy atom. The zero-order valence-corrected chi connectivity index (χ0v) is 10.3. The van der Waals surface area contributed by atoms with Crippen LogP contribution in [0.3, 0.4) is 0 Å². The zero-order chi connectivity index (χ0) is 11.3. The quantitative estimate of drug-likeness (QED) is 0.772. The van der Waals surface area contributed by atoms with Gasteiger partial charge >= 0.3 is 0 Å². The van der Waals surface area contributed by atoms with Crippen LogP contribution in [0, 0.1) is 23.2 Å². The Kier molecular flexibility index (Phi) is 2.29. The largest absolute Gasteiger partial charge is 0.341 e. The predicted octanol–water partition coefficient (Wildman–Crippen LogP) is 1.10. The first-order valence-corrected chi connectivity index (χ1v) is 6.57. The number of carbonyl (C=O) groups is 1. The molecule has 1 amide bonds. The number of amides is 1. The zero-order valence-electron chi connectivity index (χ0n) is 10.3. The number of hydrogen-bond donors (Lipinski definition) is 1. The molecule has 3 heteroatoms. The normalized spacial score (nSPS) is 35.0. The molecule has 2 aliphatic carbocycles. The monoisotopic (exact) mass is 222 g/mol. The summed E-state index contributed by atoms with van der Waals surface area (Å²) in [6.07, 6.45) is 2.70. The van der Waals surface area contributed by atoms with E-state index in [1.165, 1.54) is 12.8 Å². The second kappa shape index (κ2) is 3.46. The van der Waals surface area contributed by atoms with E-state index in [2.05, 4.69) is 24.1 Å². The molecular weight excluding hydrogens is 200 g/mol. The molecule has 3 rings (SSSR count). The van der Waals surface area contributed by atoms with E-state index >= 15 is 0 Å². The molecule has 3 fully saturated rings. The maximum absolute atomic E-state index is 11.9. The van der Waals surface area contributed by atoms with E-state index < -0.39 is 0 Å². The Hall–Kier alpha value is -0.570. The number of rotatable bonds is 4. The van der Waals surface area contributed by atoms with Crippen molar-refractivity contribution in [1.82, 2.24) is 10.2 Å². The van der Waals surface area contributed by atoms with Gasteiger partial charge in [-0.15, -0.1) is 0 Å². The highest BCUT2D eigenvalue weighted by Gasteiger charge is 2.62. The lowest BCUT2D eigenvalue weighted by Gasteiger charge is -2.22. The van der Waals surface area contributed by atoms with Crippen molar-refractivity contribution in [3.8, 4) is 0 Å². The third-order valence-corrected chi connectivity index (χ3v) is 4.88. The summed E-state index contributed by atoms with van der Waals surface area (Å²) >= 11 is 0. The summed E-state index contributed by atoms with van der Waals surface area (Å²) in [5.41, 5.74) is 0.512. The molecular formula is C13H22N2O. The van der Waals surface area contributed by atoms with Gasteiger partial charge in [-0.3, -0.25) is 4.79 Å². The van der Waals surface area contributed by atoms with Crippen LogP contribution in [0.15, 0.2) is 0 Å². The van der Waals surface area contributed by atoms with Gasteiger partial charge < -0.3 is 10.2 Å². The summed E-state index contributed by atoms with van der Waals surface area (Å²) < 4.78 is 0. The van der Waals surface area contributed by atoms with Crippen LogP contribution in [-0.2, 0) is 4.79 Å². The second-order valence-electron chi connectivity index (χ2n) is 6.41. The molecule has 0 radical (unpaired) electrons. The predicted molar refractivity (Wildman–Crippen MR) is 62.9 cm³/mol. The SMILES string of the molecule is CC1(C)C2CN(C(=O)CNCC3CC3)CC21. The minimum atomic E-state index is 0.309. The first-order valence-electron chi connectivity index (χ1n) is 6.57. The molecule has 0 aromatic heterocycles. The van der Waals surface area contributed by atoms with Gasteiger partial charge in [0.2, 0.25) is 5.91 Å². The summed E-state index contributed by atoms with van der Waals surface area (Å²) in [7, 11) is 0. The molecule has 1 saturated heterocycles. The Labute approximate surface area is 97.6 Å². The minimum absolute atomic E-state index is 0.309. The lowest BCUT2D eigenvalue weighted by molar-refractivity contribution is -0.130. The molecule has 16 heavy (non-hydrogen) atoms. The summed E-state index contributed by atoms with van der Waals surface area (Å²) in [4.78, 5) is 13.9. The fraction of sp³-hybridized carbons (Fsp3) is 0.923. The summed E-state index contributed by atoms with van der Waals surface area (Å²) in [5, 5.41) is 3.28. The number of fused-ring (bicyclic) bond motifs is 1. The fourth-order valence-corrected chi connectivity index (χ4v) is 3.15. The number of nitrogens with one attached hydrogen (secondary N) is 1. The fourth-order valence-electron chi connectivity index (χ4n) is 3.15. The molecule has 0 bridgehead atoms. The Morgan fingerprint density at radius 3 is 2.50 bits per heavy atom. The van der Waals surface area contributed by atoms with Gasteiger partial charge in [0.25, 0.3) is 0 Å². The molecule has 3 aliphatic rings. The smallest absolute Gasteiger partial charge is 0.236 e. The van der Waals surface area contributed by atoms with Crippen molar-refractivity contribution in [3.63, 3.8) is 0 Å². The van der Waals surface area contributed by atoms with Gasteiger partial charge in [0.05, 0.1) is 6.54 Å². The van der Waals surface area contributed by atoms with Gasteiger partial charge in [-0.25, -0.2) is 0 Å². The molecule has 2 atom stereocenters. The molecule has 90 valence electrons. The van der Waals surface area contributed by atoms with Crippen LogP contribution in [0.5, 0.6) is 0 Å². The van der Waals surface area contributed by atoms with E-state index in [1.54, 1.807) is 0 Å². The maximum Gasteiger partial charge on any atom is 0.236 e. The number of carbonyl (C=O) groups excluding carboxylic acids is 1. The number of hydrogen-bond acceptors (Lipinski definition) is 2. The Morgan fingerprint density at radius 2 is 1.94 bits per heavy atom. The van der Waals surface area contributed by atoms with E-state index in [1.807, 2.05) is 0 Å². The van der Waals surface area contributed by atoms with Crippen LogP contribution in [0.2, 0.25) is 0 Å². The molecule has 0 aromatic carbocycles. The highest BCUT2D eigenvalue weighted by Crippen LogP contribution is 2.61. The van der Waals surface area contributed by atoms with Gasteiger partial charge in [-0.05, 0) is 42.6 Å². The minimum Gasteiger partial charge on any atom is -0.341 e. The van der Waals surface area contributed by atoms with Gasteiger partial charge in [0.15, 0.2) is 0 Å². The lowest BCUT2D eigenvalue weighted by atomic mass is 10.1. The molecule has 2 unspecified atom stereocenters. The van der Waals surface area contributed by atoms with Crippen LogP contribution in [0.25, 0.3) is 0 Å². The number of likely N-dealkylation sites (tertiary alicyclic amines) is 1. The van der Waals surface area contributed by atoms with Crippen molar-refractivity contribution < 1.29 is 4.79 Å². The average molecular weight is 222 g/mol. The van der Waals surface area contributed by atoms with Crippen LogP contribution in [-0.4, -0.2) is 37.0 Å². The maximum atomic E-state index is 11.9. The Balaban J connectivity index is 1.40. The third-order valence-electron chi connectivity index (χ3n) is 4.88. The molecule has 1 aliphatic heterocycles. The molecule has 1 N–H and O–H groups in total.